The number of benzene rings is 1. The number of hydrogen-bond acceptors (Lipinski definition) is 4. The lowest BCUT2D eigenvalue weighted by Crippen LogP contribution is -2.29. The Kier molecular flexibility index (Phi) is 3.41. The van der Waals surface area contributed by atoms with Crippen LogP contribution in [-0.4, -0.2) is 16.1 Å². The number of halogens is 1. The van der Waals surface area contributed by atoms with Crippen LogP contribution in [0.25, 0.3) is 11.1 Å². The lowest BCUT2D eigenvalue weighted by Gasteiger charge is -2.19. The van der Waals surface area contributed by atoms with Gasteiger partial charge in [0.25, 0.3) is 0 Å². The molecule has 0 aliphatic carbocycles. The van der Waals surface area contributed by atoms with E-state index in [4.69, 9.17) is 20.8 Å². The van der Waals surface area contributed by atoms with Crippen LogP contribution in [0.5, 0.6) is 0 Å². The Hall–Kier alpha value is -1.75. The maximum Gasteiger partial charge on any atom is 0.420 e. The van der Waals surface area contributed by atoms with Crippen molar-refractivity contribution in [1.29, 1.82) is 0 Å². The highest BCUT2D eigenvalue weighted by atomic mass is 35.5. The average Bonchev–Trinajstić information content (AvgIpc) is 2.53. The maximum atomic E-state index is 11.8. The van der Waals surface area contributed by atoms with Crippen molar-refractivity contribution in [1.82, 2.24) is 4.57 Å². The minimum Gasteiger partial charge on any atom is -0.459 e. The molecule has 0 aliphatic rings. The zero-order valence-electron chi connectivity index (χ0n) is 10.9. The van der Waals surface area contributed by atoms with Gasteiger partial charge in [-0.05, 0) is 39.0 Å². The first-order chi connectivity index (χ1) is 8.76. The molecule has 0 amide bonds. The van der Waals surface area contributed by atoms with Crippen LogP contribution in [0.4, 0.5) is 0 Å². The topological polar surface area (TPSA) is 61.4 Å². The first kappa shape index (κ1) is 13.7. The maximum absolute atomic E-state index is 11.8. The molecule has 0 unspecified atom stereocenters. The van der Waals surface area contributed by atoms with Crippen LogP contribution in [-0.2, 0) is 16.1 Å². The molecule has 5 nitrogen and oxygen atoms in total. The predicted octanol–water partition coefficient (Wildman–Crippen LogP) is 2.59. The number of carbonyl (C=O) groups is 1. The average molecular weight is 284 g/mol. The van der Waals surface area contributed by atoms with Gasteiger partial charge >= 0.3 is 11.7 Å². The minimum absolute atomic E-state index is 0.205. The van der Waals surface area contributed by atoms with Crippen LogP contribution in [0, 0.1) is 0 Å². The van der Waals surface area contributed by atoms with Crippen LogP contribution in [0.2, 0.25) is 5.02 Å². The number of carbonyl (C=O) groups excluding carboxylic acids is 1. The Bertz CT molecular complexity index is 678. The lowest BCUT2D eigenvalue weighted by molar-refractivity contribution is -0.155. The normalized spacial score (nSPS) is 11.8. The second-order valence-electron chi connectivity index (χ2n) is 5.15. The molecule has 102 valence electrons. The molecule has 19 heavy (non-hydrogen) atoms. The van der Waals surface area contributed by atoms with Crippen molar-refractivity contribution in [3.63, 3.8) is 0 Å². The summed E-state index contributed by atoms with van der Waals surface area (Å²) < 4.78 is 11.4. The van der Waals surface area contributed by atoms with Gasteiger partial charge in [0.1, 0.15) is 12.1 Å². The molecule has 0 saturated heterocycles. The number of ether oxygens (including phenoxy) is 1. The Morgan fingerprint density at radius 2 is 2.11 bits per heavy atom. The van der Waals surface area contributed by atoms with Gasteiger partial charge in [-0.1, -0.05) is 11.6 Å². The third-order valence-electron chi connectivity index (χ3n) is 2.34. The zero-order valence-corrected chi connectivity index (χ0v) is 11.7. The van der Waals surface area contributed by atoms with Crippen molar-refractivity contribution in [2.45, 2.75) is 32.9 Å². The molecular formula is C13H14ClNO4. The number of hydrogen-bond donors (Lipinski definition) is 0. The van der Waals surface area contributed by atoms with Crippen LogP contribution in [0.1, 0.15) is 20.8 Å². The molecule has 2 rings (SSSR count). The van der Waals surface area contributed by atoms with Gasteiger partial charge in [0, 0.05) is 5.02 Å². The second-order valence-corrected chi connectivity index (χ2v) is 5.59. The quantitative estimate of drug-likeness (QED) is 0.795. The van der Waals surface area contributed by atoms with Gasteiger partial charge in [-0.25, -0.2) is 4.79 Å². The van der Waals surface area contributed by atoms with Crippen molar-refractivity contribution in [2.75, 3.05) is 0 Å². The van der Waals surface area contributed by atoms with Gasteiger partial charge in [0.05, 0.1) is 5.52 Å². The molecule has 1 aromatic carbocycles. The van der Waals surface area contributed by atoms with E-state index in [0.717, 1.165) is 0 Å². The summed E-state index contributed by atoms with van der Waals surface area (Å²) in [6.07, 6.45) is 0. The molecule has 0 N–H and O–H groups in total. The second kappa shape index (κ2) is 4.74. The molecule has 2 aromatic rings. The van der Waals surface area contributed by atoms with Crippen molar-refractivity contribution in [3.05, 3.63) is 33.8 Å². The van der Waals surface area contributed by atoms with E-state index in [-0.39, 0.29) is 6.54 Å². The molecule has 0 spiro atoms. The smallest absolute Gasteiger partial charge is 0.420 e. The predicted molar refractivity (Wildman–Crippen MR) is 71.3 cm³/mol. The lowest BCUT2D eigenvalue weighted by atomic mass is 10.2. The van der Waals surface area contributed by atoms with E-state index < -0.39 is 17.3 Å². The molecule has 0 aliphatic heterocycles. The van der Waals surface area contributed by atoms with Gasteiger partial charge in [-0.2, -0.15) is 0 Å². The fourth-order valence-electron chi connectivity index (χ4n) is 1.69. The summed E-state index contributed by atoms with van der Waals surface area (Å²) in [6, 6.07) is 4.78. The van der Waals surface area contributed by atoms with Crippen molar-refractivity contribution < 1.29 is 13.9 Å². The van der Waals surface area contributed by atoms with Crippen molar-refractivity contribution in [3.8, 4) is 0 Å². The number of nitrogens with zero attached hydrogens (tertiary/aromatic N) is 1. The van der Waals surface area contributed by atoms with Crippen molar-refractivity contribution in [2.24, 2.45) is 0 Å². The van der Waals surface area contributed by atoms with E-state index in [1.165, 1.54) is 4.57 Å². The van der Waals surface area contributed by atoms with Gasteiger partial charge in [0.15, 0.2) is 5.58 Å². The summed E-state index contributed by atoms with van der Waals surface area (Å²) in [5.74, 6) is -1.11. The minimum atomic E-state index is -0.608. The zero-order chi connectivity index (χ0) is 14.2. The molecular weight excluding hydrogens is 270 g/mol. The fraction of sp³-hybridized carbons (Fsp3) is 0.385. The fourth-order valence-corrected chi connectivity index (χ4v) is 1.85. The molecule has 1 heterocycles. The van der Waals surface area contributed by atoms with E-state index in [1.807, 2.05) is 0 Å². The molecule has 0 atom stereocenters. The van der Waals surface area contributed by atoms with Gasteiger partial charge in [-0.3, -0.25) is 9.36 Å². The number of esters is 1. The molecule has 0 saturated carbocycles. The van der Waals surface area contributed by atoms with E-state index in [1.54, 1.807) is 39.0 Å². The summed E-state index contributed by atoms with van der Waals surface area (Å²) in [4.78, 5) is 23.4. The van der Waals surface area contributed by atoms with Crippen LogP contribution in [0.3, 0.4) is 0 Å². The van der Waals surface area contributed by atoms with Crippen molar-refractivity contribution >= 4 is 28.7 Å². The van der Waals surface area contributed by atoms with Gasteiger partial charge in [-0.15, -0.1) is 0 Å². The van der Waals surface area contributed by atoms with Crippen LogP contribution in [0.15, 0.2) is 27.4 Å². The van der Waals surface area contributed by atoms with E-state index in [2.05, 4.69) is 0 Å². The molecule has 0 radical (unpaired) electrons. The van der Waals surface area contributed by atoms with E-state index >= 15 is 0 Å². The highest BCUT2D eigenvalue weighted by molar-refractivity contribution is 6.31. The summed E-state index contributed by atoms with van der Waals surface area (Å²) >= 11 is 5.87. The Morgan fingerprint density at radius 3 is 2.74 bits per heavy atom. The molecule has 0 bridgehead atoms. The number of oxazole rings is 1. The first-order valence-electron chi connectivity index (χ1n) is 5.77. The third-order valence-corrected chi connectivity index (χ3v) is 2.57. The van der Waals surface area contributed by atoms with Gasteiger partial charge in [0.2, 0.25) is 0 Å². The summed E-state index contributed by atoms with van der Waals surface area (Å²) in [5.41, 5.74) is 0.263. The summed E-state index contributed by atoms with van der Waals surface area (Å²) in [7, 11) is 0. The molecule has 6 heteroatoms. The van der Waals surface area contributed by atoms with E-state index in [9.17, 15) is 9.59 Å². The Balaban J connectivity index is 2.35. The standard InChI is InChI=1S/C13H14ClNO4/c1-13(2,3)19-11(16)7-15-9-6-8(14)4-5-10(9)18-12(15)17/h4-6H,7H2,1-3H3. The highest BCUT2D eigenvalue weighted by Gasteiger charge is 2.19. The third kappa shape index (κ3) is 3.17. The van der Waals surface area contributed by atoms with E-state index in [0.29, 0.717) is 16.1 Å². The SMILES string of the molecule is CC(C)(C)OC(=O)Cn1c(=O)oc2ccc(Cl)cc21. The first-order valence-corrected chi connectivity index (χ1v) is 6.15. The summed E-state index contributed by atoms with van der Waals surface area (Å²) in [6.45, 7) is 5.08. The number of fused-ring (bicyclic) bond motifs is 1. The monoisotopic (exact) mass is 283 g/mol. The van der Waals surface area contributed by atoms with Crippen LogP contribution < -0.4 is 5.76 Å². The molecule has 1 aromatic heterocycles. The Morgan fingerprint density at radius 1 is 1.42 bits per heavy atom. The Labute approximate surface area is 114 Å². The largest absolute Gasteiger partial charge is 0.459 e. The highest BCUT2D eigenvalue weighted by Crippen LogP contribution is 2.18. The number of aromatic nitrogens is 1. The number of rotatable bonds is 2. The molecule has 0 fully saturated rings. The summed E-state index contributed by atoms with van der Waals surface area (Å²) in [5, 5.41) is 0.464. The van der Waals surface area contributed by atoms with Crippen LogP contribution >= 0.6 is 11.6 Å². The van der Waals surface area contributed by atoms with Gasteiger partial charge < -0.3 is 9.15 Å².